The Bertz CT molecular complexity index is 1040. The summed E-state index contributed by atoms with van der Waals surface area (Å²) >= 11 is 0. The van der Waals surface area contributed by atoms with E-state index < -0.39 is 35.8 Å². The normalized spacial score (nSPS) is 20.8. The van der Waals surface area contributed by atoms with Crippen LogP contribution in [0.15, 0.2) is 54.6 Å². The van der Waals surface area contributed by atoms with Gasteiger partial charge < -0.3 is 15.5 Å². The molecule has 7 nitrogen and oxygen atoms in total. The Morgan fingerprint density at radius 2 is 1.76 bits per heavy atom. The summed E-state index contributed by atoms with van der Waals surface area (Å²) in [5.74, 6) is -0.847. The van der Waals surface area contributed by atoms with E-state index in [1.807, 2.05) is 30.3 Å². The van der Waals surface area contributed by atoms with E-state index in [1.54, 1.807) is 0 Å². The molecule has 2 aliphatic rings. The van der Waals surface area contributed by atoms with Gasteiger partial charge in [0, 0.05) is 12.2 Å². The molecule has 2 saturated heterocycles. The molecule has 0 saturated carbocycles. The maximum atomic E-state index is 13.3. The second kappa shape index (κ2) is 9.84. The Morgan fingerprint density at radius 1 is 1.06 bits per heavy atom. The molecule has 0 radical (unpaired) electrons. The number of hydrogen-bond donors (Lipinski definition) is 2. The summed E-state index contributed by atoms with van der Waals surface area (Å²) in [5.41, 5.74) is 0.353. The molecule has 180 valence electrons. The molecule has 2 atom stereocenters. The Morgan fingerprint density at radius 3 is 2.44 bits per heavy atom. The molecule has 2 fully saturated rings. The van der Waals surface area contributed by atoms with Crippen molar-refractivity contribution in [3.05, 3.63) is 65.7 Å². The molecule has 34 heavy (non-hydrogen) atoms. The number of fused-ring (bicyclic) bond motifs is 1. The quantitative estimate of drug-likeness (QED) is 0.674. The molecule has 4 rings (SSSR count). The average Bonchev–Trinajstić information content (AvgIpc) is 2.82. The summed E-state index contributed by atoms with van der Waals surface area (Å²) in [5, 5.41) is 5.71. The summed E-state index contributed by atoms with van der Waals surface area (Å²) in [7, 11) is 0. The van der Waals surface area contributed by atoms with Gasteiger partial charge in [0.25, 0.3) is 0 Å². The standard InChI is InChI=1S/C24H25F3N4O3/c25-24(26,27)17-8-10-18(11-9-17)29-20(32)15-31-19-7-4-13-28-21(19)22(33)30(23(31)34)14-12-16-5-2-1-3-6-16/h1-3,5-6,8-11,19,21,28H,4,7,12-15H2,(H,29,32). The van der Waals surface area contributed by atoms with Gasteiger partial charge in [-0.25, -0.2) is 4.79 Å². The highest BCUT2D eigenvalue weighted by Crippen LogP contribution is 2.30. The van der Waals surface area contributed by atoms with Crippen LogP contribution in [0.25, 0.3) is 0 Å². The first-order chi connectivity index (χ1) is 16.2. The number of nitrogens with one attached hydrogen (secondary N) is 2. The van der Waals surface area contributed by atoms with Gasteiger partial charge in [0.15, 0.2) is 0 Å². The Kier molecular flexibility index (Phi) is 6.87. The average molecular weight is 474 g/mol. The summed E-state index contributed by atoms with van der Waals surface area (Å²) in [4.78, 5) is 41.6. The third-order valence-corrected chi connectivity index (χ3v) is 6.11. The molecule has 2 unspecified atom stereocenters. The molecule has 0 aliphatic carbocycles. The van der Waals surface area contributed by atoms with Gasteiger partial charge in [0.1, 0.15) is 12.6 Å². The van der Waals surface area contributed by atoms with Crippen LogP contribution in [0, 0.1) is 0 Å². The van der Waals surface area contributed by atoms with Gasteiger partial charge in [0.05, 0.1) is 11.6 Å². The zero-order valence-electron chi connectivity index (χ0n) is 18.3. The van der Waals surface area contributed by atoms with Crippen LogP contribution >= 0.6 is 0 Å². The fourth-order valence-corrected chi connectivity index (χ4v) is 4.39. The number of halogens is 3. The number of amides is 4. The Labute approximate surface area is 194 Å². The van der Waals surface area contributed by atoms with Gasteiger partial charge >= 0.3 is 12.2 Å². The lowest BCUT2D eigenvalue weighted by atomic mass is 9.93. The van der Waals surface area contributed by atoms with Crippen LogP contribution in [0.1, 0.15) is 24.0 Å². The van der Waals surface area contributed by atoms with Gasteiger partial charge in [-0.2, -0.15) is 13.2 Å². The van der Waals surface area contributed by atoms with Crippen molar-refractivity contribution in [3.8, 4) is 0 Å². The van der Waals surface area contributed by atoms with Gasteiger partial charge in [-0.1, -0.05) is 30.3 Å². The third kappa shape index (κ3) is 5.22. The number of imide groups is 1. The monoisotopic (exact) mass is 474 g/mol. The lowest BCUT2D eigenvalue weighted by Crippen LogP contribution is -2.70. The number of carbonyl (C=O) groups excluding carboxylic acids is 3. The van der Waals surface area contributed by atoms with E-state index in [0.29, 0.717) is 19.4 Å². The van der Waals surface area contributed by atoms with Crippen LogP contribution in [0.2, 0.25) is 0 Å². The molecule has 10 heteroatoms. The third-order valence-electron chi connectivity index (χ3n) is 6.11. The van der Waals surface area contributed by atoms with Crippen molar-refractivity contribution < 1.29 is 27.6 Å². The first kappa shape index (κ1) is 23.7. The predicted molar refractivity (Wildman–Crippen MR) is 119 cm³/mol. The number of piperidine rings is 1. The predicted octanol–water partition coefficient (Wildman–Crippen LogP) is 3.27. The summed E-state index contributed by atoms with van der Waals surface area (Å²) in [6, 6.07) is 12.0. The number of anilines is 1. The zero-order valence-corrected chi connectivity index (χ0v) is 18.3. The molecule has 2 aliphatic heterocycles. The van der Waals surface area contributed by atoms with E-state index in [0.717, 1.165) is 24.1 Å². The van der Waals surface area contributed by atoms with E-state index in [4.69, 9.17) is 0 Å². The Hall–Kier alpha value is -3.40. The van der Waals surface area contributed by atoms with Crippen LogP contribution in [0.4, 0.5) is 23.7 Å². The van der Waals surface area contributed by atoms with Crippen LogP contribution in [0.5, 0.6) is 0 Å². The van der Waals surface area contributed by atoms with Crippen molar-refractivity contribution >= 4 is 23.5 Å². The van der Waals surface area contributed by atoms with Gasteiger partial charge in [-0.05, 0) is 55.6 Å². The molecule has 0 bridgehead atoms. The number of hydrogen-bond acceptors (Lipinski definition) is 4. The maximum Gasteiger partial charge on any atom is 0.416 e. The van der Waals surface area contributed by atoms with Crippen molar-refractivity contribution in [1.29, 1.82) is 0 Å². The summed E-state index contributed by atoms with van der Waals surface area (Å²) in [6.07, 6.45) is -2.65. The highest BCUT2D eigenvalue weighted by Gasteiger charge is 2.47. The first-order valence-corrected chi connectivity index (χ1v) is 11.1. The SMILES string of the molecule is O=C(CN1C(=O)N(CCc2ccccc2)C(=O)C2NCCCC21)Nc1ccc(C(F)(F)F)cc1. The number of urea groups is 1. The topological polar surface area (TPSA) is 81.8 Å². The van der Waals surface area contributed by atoms with Crippen molar-refractivity contribution in [2.45, 2.75) is 37.5 Å². The minimum absolute atomic E-state index is 0.184. The highest BCUT2D eigenvalue weighted by atomic mass is 19.4. The summed E-state index contributed by atoms with van der Waals surface area (Å²) < 4.78 is 38.3. The lowest BCUT2D eigenvalue weighted by Gasteiger charge is -2.46. The molecule has 2 heterocycles. The largest absolute Gasteiger partial charge is 0.416 e. The number of alkyl halides is 3. The fourth-order valence-electron chi connectivity index (χ4n) is 4.39. The molecule has 0 spiro atoms. The number of nitrogens with zero attached hydrogens (tertiary/aromatic N) is 2. The van der Waals surface area contributed by atoms with Gasteiger partial charge in [-0.15, -0.1) is 0 Å². The van der Waals surface area contributed by atoms with Crippen molar-refractivity contribution in [1.82, 2.24) is 15.1 Å². The maximum absolute atomic E-state index is 13.3. The second-order valence-corrected chi connectivity index (χ2v) is 8.40. The fraction of sp³-hybridized carbons (Fsp3) is 0.375. The van der Waals surface area contributed by atoms with Crippen LogP contribution in [-0.4, -0.2) is 59.4 Å². The van der Waals surface area contributed by atoms with Gasteiger partial charge in [0.2, 0.25) is 11.8 Å². The van der Waals surface area contributed by atoms with Crippen LogP contribution in [0.3, 0.4) is 0 Å². The highest BCUT2D eigenvalue weighted by molar-refractivity contribution is 6.03. The molecule has 4 amide bonds. The molecule has 2 aromatic carbocycles. The molecular formula is C24H25F3N4O3. The Balaban J connectivity index is 1.46. The van der Waals surface area contributed by atoms with E-state index in [1.165, 1.54) is 21.9 Å². The van der Waals surface area contributed by atoms with Crippen molar-refractivity contribution in [2.24, 2.45) is 0 Å². The second-order valence-electron chi connectivity index (χ2n) is 8.40. The number of rotatable bonds is 6. The number of carbonyl (C=O) groups is 3. The van der Waals surface area contributed by atoms with Crippen LogP contribution in [-0.2, 0) is 22.2 Å². The number of benzene rings is 2. The van der Waals surface area contributed by atoms with E-state index in [2.05, 4.69) is 10.6 Å². The molecule has 2 aromatic rings. The van der Waals surface area contributed by atoms with Crippen molar-refractivity contribution in [3.63, 3.8) is 0 Å². The van der Waals surface area contributed by atoms with E-state index in [-0.39, 0.29) is 24.7 Å². The van der Waals surface area contributed by atoms with E-state index >= 15 is 0 Å². The molecule has 0 aromatic heterocycles. The minimum atomic E-state index is -4.47. The van der Waals surface area contributed by atoms with Gasteiger partial charge in [-0.3, -0.25) is 14.5 Å². The molecular weight excluding hydrogens is 449 g/mol. The minimum Gasteiger partial charge on any atom is -0.325 e. The zero-order chi connectivity index (χ0) is 24.3. The van der Waals surface area contributed by atoms with E-state index in [9.17, 15) is 27.6 Å². The lowest BCUT2D eigenvalue weighted by molar-refractivity contribution is -0.138. The van der Waals surface area contributed by atoms with Crippen molar-refractivity contribution in [2.75, 3.05) is 25.0 Å². The first-order valence-electron chi connectivity index (χ1n) is 11.1. The summed E-state index contributed by atoms with van der Waals surface area (Å²) in [6.45, 7) is 0.515. The molecule has 2 N–H and O–H groups in total. The smallest absolute Gasteiger partial charge is 0.325 e. The van der Waals surface area contributed by atoms with Crippen LogP contribution < -0.4 is 10.6 Å².